The van der Waals surface area contributed by atoms with Gasteiger partial charge in [-0.05, 0) is 36.8 Å². The number of benzene rings is 1. The third-order valence-electron chi connectivity index (χ3n) is 5.38. The fourth-order valence-corrected chi connectivity index (χ4v) is 6.01. The van der Waals surface area contributed by atoms with Crippen molar-refractivity contribution in [1.82, 2.24) is 24.7 Å². The van der Waals surface area contributed by atoms with E-state index < -0.39 is 0 Å². The molecular weight excluding hydrogens is 416 g/mol. The van der Waals surface area contributed by atoms with Gasteiger partial charge >= 0.3 is 5.69 Å². The molecule has 0 amide bonds. The second-order valence-electron chi connectivity index (χ2n) is 7.44. The molecule has 0 saturated carbocycles. The highest BCUT2D eigenvalue weighted by atomic mass is 32.2. The van der Waals surface area contributed by atoms with Gasteiger partial charge in [0, 0.05) is 4.88 Å². The van der Waals surface area contributed by atoms with Gasteiger partial charge in [0.2, 0.25) is 0 Å². The Labute approximate surface area is 181 Å². The maximum atomic E-state index is 12.2. The van der Waals surface area contributed by atoms with E-state index in [-0.39, 0.29) is 5.69 Å². The minimum absolute atomic E-state index is 0.223. The number of thiophene rings is 1. The molecule has 0 atom stereocenters. The molecule has 3 aromatic heterocycles. The Morgan fingerprint density at radius 3 is 2.83 bits per heavy atom. The zero-order valence-corrected chi connectivity index (χ0v) is 18.1. The molecule has 0 bridgehead atoms. The van der Waals surface area contributed by atoms with E-state index >= 15 is 0 Å². The van der Waals surface area contributed by atoms with Crippen molar-refractivity contribution in [2.24, 2.45) is 0 Å². The summed E-state index contributed by atoms with van der Waals surface area (Å²) in [6.07, 6.45) is 5.88. The smallest absolute Gasteiger partial charge is 0.344 e. The molecule has 0 radical (unpaired) electrons. The summed E-state index contributed by atoms with van der Waals surface area (Å²) in [6.45, 7) is 0.470. The van der Waals surface area contributed by atoms with Crippen molar-refractivity contribution in [2.45, 2.75) is 49.6 Å². The van der Waals surface area contributed by atoms with Crippen LogP contribution >= 0.6 is 23.1 Å². The number of aromatic nitrogens is 5. The first-order valence-corrected chi connectivity index (χ1v) is 11.9. The van der Waals surface area contributed by atoms with Crippen LogP contribution in [0, 0.1) is 0 Å². The Morgan fingerprint density at radius 2 is 1.97 bits per heavy atom. The minimum Gasteiger partial charge on any atom is -0.383 e. The quantitative estimate of drug-likeness (QED) is 0.363. The molecule has 5 rings (SSSR count). The summed E-state index contributed by atoms with van der Waals surface area (Å²) in [6, 6.07) is 9.86. The first-order valence-electron chi connectivity index (χ1n) is 10.1. The second-order valence-corrected chi connectivity index (χ2v) is 9.47. The lowest BCUT2D eigenvalue weighted by Gasteiger charge is -2.06. The summed E-state index contributed by atoms with van der Waals surface area (Å²) >= 11 is 3.20. The topological polar surface area (TPSA) is 102 Å². The number of nitrogens with zero attached hydrogens (tertiary/aromatic N) is 4. The van der Waals surface area contributed by atoms with Crippen LogP contribution < -0.4 is 11.4 Å². The molecular formula is C21H22N6OS2. The molecule has 3 N–H and O–H groups in total. The average Bonchev–Trinajstić information content (AvgIpc) is 3.18. The summed E-state index contributed by atoms with van der Waals surface area (Å²) in [5, 5.41) is 8.39. The molecule has 1 aliphatic carbocycles. The molecule has 4 aromatic rings. The maximum absolute atomic E-state index is 12.2. The zero-order valence-electron chi connectivity index (χ0n) is 16.4. The van der Waals surface area contributed by atoms with E-state index in [0.717, 1.165) is 28.6 Å². The van der Waals surface area contributed by atoms with Crippen molar-refractivity contribution >= 4 is 39.1 Å². The predicted molar refractivity (Wildman–Crippen MR) is 121 cm³/mol. The van der Waals surface area contributed by atoms with Crippen molar-refractivity contribution < 1.29 is 0 Å². The van der Waals surface area contributed by atoms with Crippen molar-refractivity contribution in [2.75, 3.05) is 5.73 Å². The Hall–Kier alpha value is -2.65. The van der Waals surface area contributed by atoms with E-state index in [1.807, 2.05) is 30.3 Å². The third kappa shape index (κ3) is 3.75. The van der Waals surface area contributed by atoms with Crippen LogP contribution in [0.1, 0.15) is 41.1 Å². The first-order chi connectivity index (χ1) is 14.7. The van der Waals surface area contributed by atoms with Gasteiger partial charge < -0.3 is 5.73 Å². The Kier molecular flexibility index (Phi) is 5.30. The standard InChI is InChI=1S/C21H22N6OS2/c22-18-17-14-9-5-2-6-10-15(14)30-19(17)24-16(23-18)12-29-21-26-25-20(28)27(21)11-13-7-3-1-4-8-13/h1,3-4,7-8H,2,5-6,9-12H2,(H,25,28)(H2,22,23,24). The summed E-state index contributed by atoms with van der Waals surface area (Å²) in [5.74, 6) is 1.74. The number of rotatable bonds is 5. The van der Waals surface area contributed by atoms with Gasteiger partial charge in [0.1, 0.15) is 16.5 Å². The number of anilines is 1. The van der Waals surface area contributed by atoms with Crippen LogP contribution in [0.5, 0.6) is 0 Å². The molecule has 3 heterocycles. The molecule has 1 aromatic carbocycles. The summed E-state index contributed by atoms with van der Waals surface area (Å²) in [4.78, 5) is 24.0. The van der Waals surface area contributed by atoms with Gasteiger partial charge in [-0.15, -0.1) is 16.4 Å². The molecule has 0 unspecified atom stereocenters. The second kappa shape index (κ2) is 8.23. The van der Waals surface area contributed by atoms with Crippen LogP contribution in [-0.2, 0) is 25.1 Å². The van der Waals surface area contributed by atoms with E-state index in [1.54, 1.807) is 15.9 Å². The van der Waals surface area contributed by atoms with E-state index in [1.165, 1.54) is 41.5 Å². The molecule has 9 heteroatoms. The molecule has 0 fully saturated rings. The van der Waals surface area contributed by atoms with E-state index in [2.05, 4.69) is 15.2 Å². The number of nitrogens with two attached hydrogens (primary N) is 1. The lowest BCUT2D eigenvalue weighted by Crippen LogP contribution is -2.18. The summed E-state index contributed by atoms with van der Waals surface area (Å²) < 4.78 is 1.63. The van der Waals surface area contributed by atoms with Gasteiger partial charge in [-0.25, -0.2) is 19.9 Å². The highest BCUT2D eigenvalue weighted by Crippen LogP contribution is 2.37. The first kappa shape index (κ1) is 19.3. The predicted octanol–water partition coefficient (Wildman–Crippen LogP) is 3.77. The number of nitrogen functional groups attached to an aromatic ring is 1. The van der Waals surface area contributed by atoms with Crippen molar-refractivity contribution in [3.63, 3.8) is 0 Å². The van der Waals surface area contributed by atoms with Crippen LogP contribution in [0.4, 0.5) is 5.82 Å². The van der Waals surface area contributed by atoms with E-state index in [4.69, 9.17) is 10.7 Å². The van der Waals surface area contributed by atoms with Gasteiger partial charge in [0.15, 0.2) is 5.16 Å². The summed E-state index contributed by atoms with van der Waals surface area (Å²) in [5.41, 5.74) is 8.53. The molecule has 0 spiro atoms. The Balaban J connectivity index is 1.39. The summed E-state index contributed by atoms with van der Waals surface area (Å²) in [7, 11) is 0. The molecule has 1 aliphatic rings. The largest absolute Gasteiger partial charge is 0.383 e. The molecule has 30 heavy (non-hydrogen) atoms. The maximum Gasteiger partial charge on any atom is 0.344 e. The number of fused-ring (bicyclic) bond motifs is 3. The van der Waals surface area contributed by atoms with E-state index in [9.17, 15) is 4.79 Å². The highest BCUT2D eigenvalue weighted by molar-refractivity contribution is 7.98. The minimum atomic E-state index is -0.223. The Morgan fingerprint density at radius 1 is 1.13 bits per heavy atom. The lowest BCUT2D eigenvalue weighted by atomic mass is 10.1. The number of hydrogen-bond acceptors (Lipinski definition) is 7. The van der Waals surface area contributed by atoms with Crippen LogP contribution in [0.15, 0.2) is 40.3 Å². The fraction of sp³-hybridized carbons (Fsp3) is 0.333. The molecule has 7 nitrogen and oxygen atoms in total. The van der Waals surface area contributed by atoms with Crippen LogP contribution in [-0.4, -0.2) is 24.7 Å². The Bertz CT molecular complexity index is 1240. The van der Waals surface area contributed by atoms with Gasteiger partial charge in [-0.3, -0.25) is 4.57 Å². The number of H-pyrrole nitrogens is 1. The number of thioether (sulfide) groups is 1. The monoisotopic (exact) mass is 438 g/mol. The van der Waals surface area contributed by atoms with Gasteiger partial charge in [-0.1, -0.05) is 48.5 Å². The number of aromatic amines is 1. The van der Waals surface area contributed by atoms with Gasteiger partial charge in [0.25, 0.3) is 0 Å². The normalized spacial score (nSPS) is 14.0. The molecule has 0 saturated heterocycles. The van der Waals surface area contributed by atoms with Crippen molar-refractivity contribution in [3.05, 3.63) is 62.6 Å². The van der Waals surface area contributed by atoms with Gasteiger partial charge in [0.05, 0.1) is 17.7 Å². The third-order valence-corrected chi connectivity index (χ3v) is 7.53. The number of hydrogen-bond donors (Lipinski definition) is 2. The van der Waals surface area contributed by atoms with Crippen molar-refractivity contribution in [3.8, 4) is 0 Å². The zero-order chi connectivity index (χ0) is 20.5. The van der Waals surface area contributed by atoms with Crippen LogP contribution in [0.3, 0.4) is 0 Å². The molecule has 0 aliphatic heterocycles. The highest BCUT2D eigenvalue weighted by Gasteiger charge is 2.19. The SMILES string of the molecule is Nc1nc(CSc2n[nH]c(=O)n2Cc2ccccc2)nc2sc3c(c12)CCCCC3. The van der Waals surface area contributed by atoms with Gasteiger partial charge in [-0.2, -0.15) is 0 Å². The fourth-order valence-electron chi connectivity index (χ4n) is 3.92. The van der Waals surface area contributed by atoms with Crippen molar-refractivity contribution in [1.29, 1.82) is 0 Å². The van der Waals surface area contributed by atoms with Crippen LogP contribution in [0.2, 0.25) is 0 Å². The molecule has 154 valence electrons. The number of nitrogens with one attached hydrogen (secondary N) is 1. The number of aryl methyl sites for hydroxylation is 2. The lowest BCUT2D eigenvalue weighted by molar-refractivity contribution is 0.687. The average molecular weight is 439 g/mol. The van der Waals surface area contributed by atoms with E-state index in [0.29, 0.717) is 29.1 Å². The van der Waals surface area contributed by atoms with Crippen LogP contribution in [0.25, 0.3) is 10.2 Å².